The second-order valence-corrected chi connectivity index (χ2v) is 11.4. The summed E-state index contributed by atoms with van der Waals surface area (Å²) in [5.41, 5.74) is 10.3. The van der Waals surface area contributed by atoms with Crippen LogP contribution in [0.3, 0.4) is 0 Å². The second-order valence-electron chi connectivity index (χ2n) is 11.4. The average Bonchev–Trinajstić information content (AvgIpc) is 3.35. The first-order valence-electron chi connectivity index (χ1n) is 14.9. The fraction of sp³-hybridized carbons (Fsp3) is 0.324. The van der Waals surface area contributed by atoms with E-state index in [0.29, 0.717) is 5.56 Å². The van der Waals surface area contributed by atoms with Crippen molar-refractivity contribution in [3.8, 4) is 16.9 Å². The van der Waals surface area contributed by atoms with Crippen LogP contribution >= 0.6 is 0 Å². The smallest absolute Gasteiger partial charge is 0.407 e. The van der Waals surface area contributed by atoms with E-state index in [4.69, 9.17) is 15.2 Å². The number of aromatic hydroxyl groups is 1. The van der Waals surface area contributed by atoms with Crippen LogP contribution in [0.25, 0.3) is 11.1 Å². The number of carbonyl (C=O) groups excluding carboxylic acids is 5. The van der Waals surface area contributed by atoms with Crippen LogP contribution in [-0.2, 0) is 35.1 Å². The summed E-state index contributed by atoms with van der Waals surface area (Å²) in [4.78, 5) is 62.6. The first kappa shape index (κ1) is 33.5. The molecule has 1 aliphatic carbocycles. The molecule has 0 bridgehead atoms. The Kier molecular flexibility index (Phi) is 11.0. The number of benzene rings is 3. The van der Waals surface area contributed by atoms with Crippen molar-refractivity contribution in [1.82, 2.24) is 16.0 Å². The van der Waals surface area contributed by atoms with E-state index in [1.165, 1.54) is 19.1 Å². The van der Waals surface area contributed by atoms with Crippen LogP contribution in [0.4, 0.5) is 4.79 Å². The van der Waals surface area contributed by atoms with Crippen LogP contribution in [0.1, 0.15) is 43.4 Å². The molecule has 12 nitrogen and oxygen atoms in total. The number of nitrogens with one attached hydrogen (secondary N) is 3. The van der Waals surface area contributed by atoms with Crippen molar-refractivity contribution in [2.75, 3.05) is 13.2 Å². The Morgan fingerprint density at radius 1 is 0.804 bits per heavy atom. The highest BCUT2D eigenvalue weighted by Crippen LogP contribution is 2.44. The molecule has 46 heavy (non-hydrogen) atoms. The molecule has 0 fully saturated rings. The summed E-state index contributed by atoms with van der Waals surface area (Å²) in [5.74, 6) is -3.56. The Morgan fingerprint density at radius 3 is 1.96 bits per heavy atom. The molecule has 0 aliphatic heterocycles. The molecule has 4 rings (SSSR count). The van der Waals surface area contributed by atoms with E-state index in [-0.39, 0.29) is 30.6 Å². The van der Waals surface area contributed by atoms with Gasteiger partial charge in [0.15, 0.2) is 6.61 Å². The van der Waals surface area contributed by atoms with E-state index in [2.05, 4.69) is 16.0 Å². The molecule has 0 heterocycles. The van der Waals surface area contributed by atoms with Crippen LogP contribution in [0.2, 0.25) is 0 Å². The van der Waals surface area contributed by atoms with Gasteiger partial charge in [0.05, 0.1) is 0 Å². The maximum absolute atomic E-state index is 13.0. The number of nitrogens with two attached hydrogens (primary N) is 1. The van der Waals surface area contributed by atoms with Crippen molar-refractivity contribution in [3.05, 3.63) is 89.5 Å². The molecule has 6 N–H and O–H groups in total. The Bertz CT molecular complexity index is 1540. The van der Waals surface area contributed by atoms with Gasteiger partial charge < -0.3 is 36.3 Å². The van der Waals surface area contributed by atoms with E-state index in [0.717, 1.165) is 22.3 Å². The number of esters is 1. The minimum Gasteiger partial charge on any atom is -0.508 e. The number of carbonyl (C=O) groups is 5. The van der Waals surface area contributed by atoms with Crippen LogP contribution in [0.15, 0.2) is 72.8 Å². The molecular weight excluding hydrogens is 592 g/mol. The minimum absolute atomic E-state index is 0.0456. The molecule has 4 amide bonds. The Labute approximate surface area is 266 Å². The fourth-order valence-corrected chi connectivity index (χ4v) is 5.25. The molecule has 3 atom stereocenters. The molecule has 0 spiro atoms. The predicted molar refractivity (Wildman–Crippen MR) is 168 cm³/mol. The zero-order chi connectivity index (χ0) is 33.4. The molecule has 0 aromatic heterocycles. The molecule has 0 saturated carbocycles. The number of alkyl carbamates (subject to hydrolysis) is 1. The lowest BCUT2D eigenvalue weighted by Crippen LogP contribution is -2.53. The van der Waals surface area contributed by atoms with Crippen LogP contribution in [0, 0.1) is 5.92 Å². The average molecular weight is 631 g/mol. The van der Waals surface area contributed by atoms with Gasteiger partial charge in [-0.2, -0.15) is 0 Å². The molecule has 1 aliphatic rings. The highest BCUT2D eigenvalue weighted by atomic mass is 16.5. The van der Waals surface area contributed by atoms with Gasteiger partial charge in [-0.15, -0.1) is 0 Å². The molecule has 12 heteroatoms. The minimum atomic E-state index is -1.16. The van der Waals surface area contributed by atoms with E-state index in [1.54, 1.807) is 26.0 Å². The number of primary amides is 1. The number of rotatable bonds is 13. The van der Waals surface area contributed by atoms with E-state index >= 15 is 0 Å². The van der Waals surface area contributed by atoms with Crippen molar-refractivity contribution < 1.29 is 38.6 Å². The van der Waals surface area contributed by atoms with Crippen LogP contribution < -0.4 is 21.7 Å². The monoisotopic (exact) mass is 630 g/mol. The molecular formula is C34H38N4O8. The van der Waals surface area contributed by atoms with Crippen molar-refractivity contribution in [1.29, 1.82) is 0 Å². The van der Waals surface area contributed by atoms with Crippen LogP contribution in [0.5, 0.6) is 5.75 Å². The third kappa shape index (κ3) is 8.40. The van der Waals surface area contributed by atoms with Gasteiger partial charge in [0.2, 0.25) is 11.8 Å². The molecule has 0 unspecified atom stereocenters. The van der Waals surface area contributed by atoms with Gasteiger partial charge >= 0.3 is 12.1 Å². The van der Waals surface area contributed by atoms with Crippen molar-refractivity contribution in [2.45, 2.75) is 51.2 Å². The molecule has 3 aromatic rings. The van der Waals surface area contributed by atoms with Crippen molar-refractivity contribution in [3.63, 3.8) is 0 Å². The van der Waals surface area contributed by atoms with Gasteiger partial charge in [0.25, 0.3) is 5.91 Å². The van der Waals surface area contributed by atoms with Crippen molar-refractivity contribution in [2.24, 2.45) is 11.7 Å². The third-order valence-electron chi connectivity index (χ3n) is 7.68. The number of amides is 4. The van der Waals surface area contributed by atoms with E-state index in [9.17, 15) is 29.1 Å². The Balaban J connectivity index is 1.25. The number of hydrogen-bond acceptors (Lipinski definition) is 8. The summed E-state index contributed by atoms with van der Waals surface area (Å²) >= 11 is 0. The summed E-state index contributed by atoms with van der Waals surface area (Å²) < 4.78 is 10.6. The maximum Gasteiger partial charge on any atom is 0.407 e. The maximum atomic E-state index is 13.0. The number of hydrogen-bond donors (Lipinski definition) is 5. The first-order valence-corrected chi connectivity index (χ1v) is 14.9. The third-order valence-corrected chi connectivity index (χ3v) is 7.68. The number of fused-ring (bicyclic) bond motifs is 3. The van der Waals surface area contributed by atoms with E-state index < -0.39 is 54.5 Å². The summed E-state index contributed by atoms with van der Waals surface area (Å²) in [7, 11) is 0. The number of phenolic OH excluding ortho intramolecular Hbond substituents is 1. The van der Waals surface area contributed by atoms with Gasteiger partial charge in [0.1, 0.15) is 30.5 Å². The molecule has 3 aromatic carbocycles. The standard InChI is InChI=1S/C34H38N4O8/c1-19(2)30(38-34(44)46-17-27-25-10-6-4-8-23(25)24-9-5-7-11-26(24)27)32(42)36-20(3)33(43)45-18-29(40)37-28(31(35)41)16-21-12-14-22(39)15-13-21/h4-15,19-20,27-28,30,39H,16-18H2,1-3H3,(H2,35,41)(H,36,42)(H,37,40)(H,38,44)/t20-,28-,30-/m0/s1. The largest absolute Gasteiger partial charge is 0.508 e. The zero-order valence-corrected chi connectivity index (χ0v) is 25.8. The molecule has 242 valence electrons. The molecule has 0 saturated heterocycles. The van der Waals surface area contributed by atoms with Gasteiger partial charge in [-0.1, -0.05) is 74.5 Å². The topological polar surface area (TPSA) is 186 Å². The highest BCUT2D eigenvalue weighted by Gasteiger charge is 2.31. The predicted octanol–water partition coefficient (Wildman–Crippen LogP) is 2.52. The zero-order valence-electron chi connectivity index (χ0n) is 25.8. The lowest BCUT2D eigenvalue weighted by atomic mass is 9.98. The summed E-state index contributed by atoms with van der Waals surface area (Å²) in [5, 5.41) is 16.9. The van der Waals surface area contributed by atoms with E-state index in [1.807, 2.05) is 48.5 Å². The summed E-state index contributed by atoms with van der Waals surface area (Å²) in [6.07, 6.45) is -0.714. The lowest BCUT2D eigenvalue weighted by molar-refractivity contribution is -0.151. The Hall–Kier alpha value is -5.39. The van der Waals surface area contributed by atoms with Gasteiger partial charge in [-0.05, 0) is 52.8 Å². The number of phenols is 1. The fourth-order valence-electron chi connectivity index (χ4n) is 5.25. The summed E-state index contributed by atoms with van der Waals surface area (Å²) in [6, 6.07) is 18.6. The first-order chi connectivity index (χ1) is 21.9. The van der Waals surface area contributed by atoms with Gasteiger partial charge in [-0.3, -0.25) is 14.4 Å². The lowest BCUT2D eigenvalue weighted by Gasteiger charge is -2.24. The second kappa shape index (κ2) is 15.1. The molecule has 0 radical (unpaired) electrons. The quantitative estimate of drug-likeness (QED) is 0.178. The van der Waals surface area contributed by atoms with Gasteiger partial charge in [-0.25, -0.2) is 9.59 Å². The number of ether oxygens (including phenoxy) is 2. The normalized spacial score (nSPS) is 13.8. The SMILES string of the molecule is CC(C)[C@H](NC(=O)OCC1c2ccccc2-c2ccccc21)C(=O)N[C@@H](C)C(=O)OCC(=O)N[C@@H](Cc1ccc(O)cc1)C(N)=O. The Morgan fingerprint density at radius 2 is 1.39 bits per heavy atom. The van der Waals surface area contributed by atoms with Crippen LogP contribution in [-0.4, -0.2) is 66.2 Å². The highest BCUT2D eigenvalue weighted by molar-refractivity contribution is 5.91. The van der Waals surface area contributed by atoms with Gasteiger partial charge in [0, 0.05) is 12.3 Å². The van der Waals surface area contributed by atoms with Crippen molar-refractivity contribution >= 4 is 29.8 Å². The summed E-state index contributed by atoms with van der Waals surface area (Å²) in [6.45, 7) is 4.19.